The number of aromatic nitrogens is 2. The van der Waals surface area contributed by atoms with Crippen LogP contribution in [0.15, 0.2) is 17.8 Å². The maximum atomic E-state index is 5.75. The molecular formula is C11H16ClN3OS. The van der Waals surface area contributed by atoms with Gasteiger partial charge in [-0.2, -0.15) is 0 Å². The molecule has 0 saturated carbocycles. The first-order valence-electron chi connectivity index (χ1n) is 5.53. The Morgan fingerprint density at radius 3 is 3.24 bits per heavy atom. The maximum Gasteiger partial charge on any atom is 0.193 e. The quantitative estimate of drug-likeness (QED) is 0.786. The van der Waals surface area contributed by atoms with Crippen molar-refractivity contribution >= 4 is 27.9 Å². The summed E-state index contributed by atoms with van der Waals surface area (Å²) in [4.78, 5) is 5.54. The summed E-state index contributed by atoms with van der Waals surface area (Å²) in [6, 6.07) is 0.289. The normalized spacial score (nSPS) is 13.3. The summed E-state index contributed by atoms with van der Waals surface area (Å²) in [7, 11) is 1.70. The average molecular weight is 274 g/mol. The van der Waals surface area contributed by atoms with E-state index in [4.69, 9.17) is 16.3 Å². The summed E-state index contributed by atoms with van der Waals surface area (Å²) in [6.45, 7) is 1.42. The number of alkyl halides is 1. The van der Waals surface area contributed by atoms with Crippen LogP contribution < -0.4 is 5.32 Å². The molecule has 17 heavy (non-hydrogen) atoms. The van der Waals surface area contributed by atoms with Crippen molar-refractivity contribution in [2.24, 2.45) is 0 Å². The summed E-state index contributed by atoms with van der Waals surface area (Å²) in [5, 5.41) is 5.44. The summed E-state index contributed by atoms with van der Waals surface area (Å²) < 4.78 is 7.18. The third-order valence-corrected chi connectivity index (χ3v) is 3.53. The highest BCUT2D eigenvalue weighted by molar-refractivity contribution is 7.15. The Kier molecular flexibility index (Phi) is 4.79. The summed E-state index contributed by atoms with van der Waals surface area (Å²) in [6.07, 6.45) is 4.96. The predicted molar refractivity (Wildman–Crippen MR) is 70.9 cm³/mol. The van der Waals surface area contributed by atoms with Crippen LogP contribution in [0.3, 0.4) is 0 Å². The number of nitrogens with zero attached hydrogens (tertiary/aromatic N) is 2. The van der Waals surface area contributed by atoms with Gasteiger partial charge in [-0.3, -0.25) is 4.40 Å². The molecular weight excluding hydrogens is 258 g/mol. The highest BCUT2D eigenvalue weighted by Gasteiger charge is 2.08. The van der Waals surface area contributed by atoms with Gasteiger partial charge in [0.05, 0.1) is 12.3 Å². The number of methoxy groups -OCH3 is 1. The van der Waals surface area contributed by atoms with Gasteiger partial charge in [0.2, 0.25) is 0 Å². The summed E-state index contributed by atoms with van der Waals surface area (Å²) >= 11 is 7.39. The van der Waals surface area contributed by atoms with Crippen molar-refractivity contribution in [1.82, 2.24) is 14.7 Å². The molecule has 0 aromatic carbocycles. The van der Waals surface area contributed by atoms with E-state index in [1.165, 1.54) is 0 Å². The van der Waals surface area contributed by atoms with Crippen LogP contribution in [0.2, 0.25) is 0 Å². The molecule has 0 radical (unpaired) electrons. The van der Waals surface area contributed by atoms with Gasteiger partial charge < -0.3 is 10.1 Å². The number of hydrogen-bond acceptors (Lipinski definition) is 4. The van der Waals surface area contributed by atoms with Gasteiger partial charge >= 0.3 is 0 Å². The smallest absolute Gasteiger partial charge is 0.193 e. The Morgan fingerprint density at radius 2 is 2.53 bits per heavy atom. The fourth-order valence-electron chi connectivity index (χ4n) is 1.69. The lowest BCUT2D eigenvalue weighted by Gasteiger charge is -2.15. The maximum absolute atomic E-state index is 5.75. The van der Waals surface area contributed by atoms with Crippen molar-refractivity contribution < 1.29 is 4.74 Å². The summed E-state index contributed by atoms with van der Waals surface area (Å²) in [5.41, 5.74) is 1.05. The van der Waals surface area contributed by atoms with Crippen LogP contribution in [0.4, 0.5) is 0 Å². The Hall–Kier alpha value is -0.620. The second-order valence-corrected chi connectivity index (χ2v) is 5.09. The number of rotatable bonds is 7. The highest BCUT2D eigenvalue weighted by atomic mass is 35.5. The van der Waals surface area contributed by atoms with Gasteiger partial charge in [0, 0.05) is 43.4 Å². The Morgan fingerprint density at radius 1 is 1.65 bits per heavy atom. The van der Waals surface area contributed by atoms with E-state index in [9.17, 15) is 0 Å². The summed E-state index contributed by atoms with van der Waals surface area (Å²) in [5.74, 6) is 0.638. The molecule has 0 aliphatic heterocycles. The number of ether oxygens (including phenoxy) is 1. The number of imidazole rings is 1. The molecule has 2 aromatic rings. The Bertz CT molecular complexity index is 422. The molecule has 0 aliphatic carbocycles. The van der Waals surface area contributed by atoms with Crippen LogP contribution in [-0.2, 0) is 11.3 Å². The second kappa shape index (κ2) is 6.35. The van der Waals surface area contributed by atoms with Gasteiger partial charge in [0.15, 0.2) is 4.96 Å². The first-order valence-corrected chi connectivity index (χ1v) is 6.94. The Balaban J connectivity index is 1.89. The molecule has 0 saturated heterocycles. The van der Waals surface area contributed by atoms with Gasteiger partial charge in [0.25, 0.3) is 0 Å². The molecule has 6 heteroatoms. The largest absolute Gasteiger partial charge is 0.383 e. The number of nitrogens with one attached hydrogen (secondary N) is 1. The zero-order valence-electron chi connectivity index (χ0n) is 9.73. The molecule has 2 aromatic heterocycles. The van der Waals surface area contributed by atoms with Gasteiger partial charge in [0.1, 0.15) is 0 Å². The molecule has 0 fully saturated rings. The van der Waals surface area contributed by atoms with Gasteiger partial charge in [-0.25, -0.2) is 4.98 Å². The molecule has 0 aliphatic rings. The van der Waals surface area contributed by atoms with E-state index in [0.29, 0.717) is 12.5 Å². The first kappa shape index (κ1) is 12.8. The van der Waals surface area contributed by atoms with Crippen molar-refractivity contribution in [3.05, 3.63) is 23.5 Å². The minimum atomic E-state index is 0.289. The van der Waals surface area contributed by atoms with Crippen LogP contribution >= 0.6 is 22.9 Å². The zero-order valence-corrected chi connectivity index (χ0v) is 11.3. The molecule has 0 amide bonds. The van der Waals surface area contributed by atoms with Crippen LogP contribution in [0, 0.1) is 0 Å². The molecule has 0 spiro atoms. The van der Waals surface area contributed by atoms with Crippen LogP contribution in [-0.4, -0.2) is 35.0 Å². The third kappa shape index (κ3) is 3.42. The standard InChI is InChI=1S/C11H16ClN3OS/c1-16-8-9(2-3-12)13-6-10-7-15-4-5-17-11(15)14-10/h4-5,7,9,13H,2-3,6,8H2,1H3. The Labute approximate surface area is 110 Å². The number of hydrogen-bond donors (Lipinski definition) is 1. The topological polar surface area (TPSA) is 38.6 Å². The van der Waals surface area contributed by atoms with Gasteiger partial charge in [-0.05, 0) is 6.42 Å². The minimum Gasteiger partial charge on any atom is -0.383 e. The minimum absolute atomic E-state index is 0.289. The van der Waals surface area contributed by atoms with Crippen LogP contribution in [0.1, 0.15) is 12.1 Å². The molecule has 2 heterocycles. The van der Waals surface area contributed by atoms with Crippen LogP contribution in [0.25, 0.3) is 4.96 Å². The van der Waals surface area contributed by atoms with E-state index in [0.717, 1.165) is 23.6 Å². The monoisotopic (exact) mass is 273 g/mol. The molecule has 1 atom stereocenters. The van der Waals surface area contributed by atoms with E-state index >= 15 is 0 Å². The van der Waals surface area contributed by atoms with Crippen molar-refractivity contribution in [3.63, 3.8) is 0 Å². The second-order valence-electron chi connectivity index (χ2n) is 3.84. The number of fused-ring (bicyclic) bond motifs is 1. The van der Waals surface area contributed by atoms with E-state index in [-0.39, 0.29) is 6.04 Å². The van der Waals surface area contributed by atoms with Crippen molar-refractivity contribution in [2.45, 2.75) is 19.0 Å². The van der Waals surface area contributed by atoms with E-state index in [2.05, 4.69) is 10.3 Å². The van der Waals surface area contributed by atoms with Crippen LogP contribution in [0.5, 0.6) is 0 Å². The number of halogens is 1. The lowest BCUT2D eigenvalue weighted by molar-refractivity contribution is 0.164. The molecule has 1 N–H and O–H groups in total. The SMILES string of the molecule is COCC(CCCl)NCc1cn2ccsc2n1. The molecule has 2 rings (SSSR count). The zero-order chi connectivity index (χ0) is 12.1. The molecule has 1 unspecified atom stereocenters. The van der Waals surface area contributed by atoms with Crippen molar-refractivity contribution in [1.29, 1.82) is 0 Å². The van der Waals surface area contributed by atoms with Crippen molar-refractivity contribution in [3.8, 4) is 0 Å². The average Bonchev–Trinajstić information content (AvgIpc) is 2.86. The predicted octanol–water partition coefficient (Wildman–Crippen LogP) is 2.13. The first-order chi connectivity index (χ1) is 8.33. The van der Waals surface area contributed by atoms with Gasteiger partial charge in [-0.15, -0.1) is 22.9 Å². The lowest BCUT2D eigenvalue weighted by Crippen LogP contribution is -2.33. The van der Waals surface area contributed by atoms with E-state index in [1.807, 2.05) is 22.2 Å². The van der Waals surface area contributed by atoms with E-state index < -0.39 is 0 Å². The van der Waals surface area contributed by atoms with Crippen molar-refractivity contribution in [2.75, 3.05) is 19.6 Å². The van der Waals surface area contributed by atoms with Gasteiger partial charge in [-0.1, -0.05) is 0 Å². The van der Waals surface area contributed by atoms with E-state index in [1.54, 1.807) is 18.4 Å². The third-order valence-electron chi connectivity index (χ3n) is 2.54. The fraction of sp³-hybridized carbons (Fsp3) is 0.545. The lowest BCUT2D eigenvalue weighted by atomic mass is 10.2. The highest BCUT2D eigenvalue weighted by Crippen LogP contribution is 2.11. The molecule has 0 bridgehead atoms. The molecule has 4 nitrogen and oxygen atoms in total. The number of thiazole rings is 1. The molecule has 94 valence electrons. The fourth-order valence-corrected chi connectivity index (χ4v) is 2.67.